The Kier molecular flexibility index (Phi) is 4.24. The Labute approximate surface area is 104 Å². The van der Waals surface area contributed by atoms with Gasteiger partial charge in [0, 0.05) is 24.7 Å². The Morgan fingerprint density at radius 3 is 2.65 bits per heavy atom. The second-order valence-corrected chi connectivity index (χ2v) is 5.23. The van der Waals surface area contributed by atoms with E-state index in [-0.39, 0.29) is 0 Å². The van der Waals surface area contributed by atoms with Crippen LogP contribution in [0.25, 0.3) is 0 Å². The van der Waals surface area contributed by atoms with E-state index in [0.717, 1.165) is 24.6 Å². The SMILES string of the molecule is Cc1cc(CNC(C)CN2CCCC2)c(C)o1. The second-order valence-electron chi connectivity index (χ2n) is 5.23. The maximum Gasteiger partial charge on any atom is 0.105 e. The minimum atomic E-state index is 0.544. The summed E-state index contributed by atoms with van der Waals surface area (Å²) in [5.74, 6) is 2.05. The summed E-state index contributed by atoms with van der Waals surface area (Å²) < 4.78 is 5.53. The molecular weight excluding hydrogens is 212 g/mol. The van der Waals surface area contributed by atoms with E-state index in [9.17, 15) is 0 Å². The number of rotatable bonds is 5. The van der Waals surface area contributed by atoms with Gasteiger partial charge in [-0.2, -0.15) is 0 Å². The van der Waals surface area contributed by atoms with Gasteiger partial charge in [0.1, 0.15) is 11.5 Å². The van der Waals surface area contributed by atoms with Gasteiger partial charge in [0.05, 0.1) is 0 Å². The summed E-state index contributed by atoms with van der Waals surface area (Å²) in [6, 6.07) is 2.67. The van der Waals surface area contributed by atoms with Crippen LogP contribution in [0.4, 0.5) is 0 Å². The predicted molar refractivity (Wildman–Crippen MR) is 70.2 cm³/mol. The van der Waals surface area contributed by atoms with Crippen molar-refractivity contribution in [1.29, 1.82) is 0 Å². The Bertz CT molecular complexity index is 353. The van der Waals surface area contributed by atoms with E-state index in [1.807, 2.05) is 13.8 Å². The fraction of sp³-hybridized carbons (Fsp3) is 0.714. The molecule has 1 unspecified atom stereocenters. The van der Waals surface area contributed by atoms with Crippen LogP contribution < -0.4 is 5.32 Å². The fourth-order valence-electron chi connectivity index (χ4n) is 2.56. The van der Waals surface area contributed by atoms with Gasteiger partial charge >= 0.3 is 0 Å². The van der Waals surface area contributed by atoms with Crippen LogP contribution in [-0.2, 0) is 6.54 Å². The van der Waals surface area contributed by atoms with Crippen LogP contribution in [0, 0.1) is 13.8 Å². The molecule has 2 rings (SSSR count). The topological polar surface area (TPSA) is 28.4 Å². The number of hydrogen-bond donors (Lipinski definition) is 1. The second kappa shape index (κ2) is 5.69. The summed E-state index contributed by atoms with van der Waals surface area (Å²) in [4.78, 5) is 2.55. The molecule has 1 aromatic rings. The molecule has 2 heterocycles. The molecule has 3 heteroatoms. The molecule has 17 heavy (non-hydrogen) atoms. The molecule has 1 fully saturated rings. The first-order chi connectivity index (χ1) is 8.15. The van der Waals surface area contributed by atoms with Crippen LogP contribution in [0.5, 0.6) is 0 Å². The molecule has 0 bridgehead atoms. The minimum Gasteiger partial charge on any atom is -0.466 e. The van der Waals surface area contributed by atoms with Crippen LogP contribution in [0.2, 0.25) is 0 Å². The molecular formula is C14H24N2O. The average molecular weight is 236 g/mol. The summed E-state index contributed by atoms with van der Waals surface area (Å²) >= 11 is 0. The zero-order valence-electron chi connectivity index (χ0n) is 11.3. The van der Waals surface area contributed by atoms with Crippen molar-refractivity contribution in [1.82, 2.24) is 10.2 Å². The molecule has 96 valence electrons. The van der Waals surface area contributed by atoms with Gasteiger partial charge in [-0.3, -0.25) is 0 Å². The summed E-state index contributed by atoms with van der Waals surface area (Å²) in [6.07, 6.45) is 2.74. The van der Waals surface area contributed by atoms with Crippen molar-refractivity contribution in [3.63, 3.8) is 0 Å². The van der Waals surface area contributed by atoms with E-state index in [4.69, 9.17) is 4.42 Å². The number of aryl methyl sites for hydroxylation is 2. The fourth-order valence-corrected chi connectivity index (χ4v) is 2.56. The van der Waals surface area contributed by atoms with Crippen molar-refractivity contribution in [3.8, 4) is 0 Å². The lowest BCUT2D eigenvalue weighted by molar-refractivity contribution is 0.298. The highest BCUT2D eigenvalue weighted by molar-refractivity contribution is 5.19. The van der Waals surface area contributed by atoms with Crippen molar-refractivity contribution >= 4 is 0 Å². The first-order valence-corrected chi connectivity index (χ1v) is 6.67. The maximum atomic E-state index is 5.53. The standard InChI is InChI=1S/C14H24N2O/c1-11(10-16-6-4-5-7-16)15-9-14-8-12(2)17-13(14)3/h8,11,15H,4-7,9-10H2,1-3H3. The van der Waals surface area contributed by atoms with Crippen LogP contribution in [0.15, 0.2) is 10.5 Å². The molecule has 0 aliphatic carbocycles. The van der Waals surface area contributed by atoms with Crippen LogP contribution in [0.1, 0.15) is 36.8 Å². The van der Waals surface area contributed by atoms with E-state index in [0.29, 0.717) is 6.04 Å². The largest absolute Gasteiger partial charge is 0.466 e. The highest BCUT2D eigenvalue weighted by Gasteiger charge is 2.14. The molecule has 0 radical (unpaired) electrons. The number of likely N-dealkylation sites (tertiary alicyclic amines) is 1. The number of nitrogens with zero attached hydrogens (tertiary/aromatic N) is 1. The first kappa shape index (κ1) is 12.7. The third-order valence-electron chi connectivity index (χ3n) is 3.52. The highest BCUT2D eigenvalue weighted by Crippen LogP contribution is 2.13. The quantitative estimate of drug-likeness (QED) is 0.851. The van der Waals surface area contributed by atoms with Crippen molar-refractivity contribution in [2.24, 2.45) is 0 Å². The minimum absolute atomic E-state index is 0.544. The summed E-state index contributed by atoms with van der Waals surface area (Å²) in [5, 5.41) is 3.58. The van der Waals surface area contributed by atoms with E-state index >= 15 is 0 Å². The summed E-state index contributed by atoms with van der Waals surface area (Å²) in [6.45, 7) is 10.9. The molecule has 1 aliphatic heterocycles. The van der Waals surface area contributed by atoms with Gasteiger partial charge in [-0.25, -0.2) is 0 Å². The van der Waals surface area contributed by atoms with Crippen molar-refractivity contribution in [3.05, 3.63) is 23.2 Å². The third kappa shape index (κ3) is 3.58. The number of hydrogen-bond acceptors (Lipinski definition) is 3. The van der Waals surface area contributed by atoms with Crippen LogP contribution in [-0.4, -0.2) is 30.6 Å². The first-order valence-electron chi connectivity index (χ1n) is 6.67. The lowest BCUT2D eigenvalue weighted by Crippen LogP contribution is -2.37. The zero-order chi connectivity index (χ0) is 12.3. The van der Waals surface area contributed by atoms with Gasteiger partial charge in [-0.1, -0.05) is 0 Å². The van der Waals surface area contributed by atoms with E-state index in [1.54, 1.807) is 0 Å². The Morgan fingerprint density at radius 1 is 1.35 bits per heavy atom. The molecule has 0 aromatic carbocycles. The molecule has 1 aliphatic rings. The van der Waals surface area contributed by atoms with Crippen LogP contribution >= 0.6 is 0 Å². The van der Waals surface area contributed by atoms with Crippen molar-refractivity contribution in [2.45, 2.75) is 46.2 Å². The van der Waals surface area contributed by atoms with E-state index < -0.39 is 0 Å². The monoisotopic (exact) mass is 236 g/mol. The Morgan fingerprint density at radius 2 is 2.06 bits per heavy atom. The molecule has 1 saturated heterocycles. The predicted octanol–water partition coefficient (Wildman–Crippen LogP) is 2.47. The maximum absolute atomic E-state index is 5.53. The molecule has 1 N–H and O–H groups in total. The Hall–Kier alpha value is -0.800. The lowest BCUT2D eigenvalue weighted by atomic mass is 10.2. The highest BCUT2D eigenvalue weighted by atomic mass is 16.3. The average Bonchev–Trinajstić information content (AvgIpc) is 2.86. The summed E-state index contributed by atoms with van der Waals surface area (Å²) in [7, 11) is 0. The van der Waals surface area contributed by atoms with Gasteiger partial charge in [0.25, 0.3) is 0 Å². The van der Waals surface area contributed by atoms with Gasteiger partial charge in [0.2, 0.25) is 0 Å². The van der Waals surface area contributed by atoms with Crippen LogP contribution in [0.3, 0.4) is 0 Å². The van der Waals surface area contributed by atoms with E-state index in [2.05, 4.69) is 23.2 Å². The smallest absolute Gasteiger partial charge is 0.105 e. The van der Waals surface area contributed by atoms with Gasteiger partial charge in [0.15, 0.2) is 0 Å². The summed E-state index contributed by atoms with van der Waals surface area (Å²) in [5.41, 5.74) is 1.29. The van der Waals surface area contributed by atoms with Crippen molar-refractivity contribution < 1.29 is 4.42 Å². The van der Waals surface area contributed by atoms with Crippen molar-refractivity contribution in [2.75, 3.05) is 19.6 Å². The van der Waals surface area contributed by atoms with Gasteiger partial charge in [-0.15, -0.1) is 0 Å². The Balaban J connectivity index is 1.75. The zero-order valence-corrected chi connectivity index (χ0v) is 11.3. The molecule has 1 aromatic heterocycles. The molecule has 0 spiro atoms. The normalized spacial score (nSPS) is 18.8. The van der Waals surface area contributed by atoms with Gasteiger partial charge < -0.3 is 14.6 Å². The lowest BCUT2D eigenvalue weighted by Gasteiger charge is -2.21. The molecule has 0 saturated carbocycles. The number of furan rings is 1. The third-order valence-corrected chi connectivity index (χ3v) is 3.52. The molecule has 3 nitrogen and oxygen atoms in total. The van der Waals surface area contributed by atoms with E-state index in [1.165, 1.54) is 31.5 Å². The number of nitrogens with one attached hydrogen (secondary N) is 1. The molecule has 1 atom stereocenters. The molecule has 0 amide bonds. The van der Waals surface area contributed by atoms with Gasteiger partial charge in [-0.05, 0) is 52.8 Å².